The molecule has 0 unspecified atom stereocenters. The molecule has 0 aliphatic carbocycles. The van der Waals surface area contributed by atoms with Crippen LogP contribution in [-0.4, -0.2) is 33.8 Å². The maximum absolute atomic E-state index is 12.4. The number of hydrogen-bond donors (Lipinski definition) is 1. The molecule has 1 amide bonds. The van der Waals surface area contributed by atoms with Crippen LogP contribution in [-0.2, 0) is 6.54 Å². The van der Waals surface area contributed by atoms with Gasteiger partial charge in [0, 0.05) is 12.1 Å². The predicted octanol–water partition coefficient (Wildman–Crippen LogP) is 3.69. The van der Waals surface area contributed by atoms with E-state index in [4.69, 9.17) is 30.5 Å². The summed E-state index contributed by atoms with van der Waals surface area (Å²) in [7, 11) is 4.55. The van der Waals surface area contributed by atoms with Crippen LogP contribution in [0.1, 0.15) is 22.8 Å². The molecule has 7 heteroatoms. The second-order valence-corrected chi connectivity index (χ2v) is 5.70. The van der Waals surface area contributed by atoms with Crippen molar-refractivity contribution in [3.05, 3.63) is 46.5 Å². The molecule has 0 atom stereocenters. The van der Waals surface area contributed by atoms with E-state index in [2.05, 4.69) is 5.32 Å². The standard InChI is InChI=1S/C19H22ClNO5/c1-5-26-15-7-6-12(8-16(15)23-2)11-21-19(22)13-9-14(20)18(25-4)17(10-13)24-3/h6-10H,5,11H2,1-4H3,(H,21,22). The predicted molar refractivity (Wildman–Crippen MR) is 99.9 cm³/mol. The van der Waals surface area contributed by atoms with Crippen molar-refractivity contribution in [1.29, 1.82) is 0 Å². The number of ether oxygens (including phenoxy) is 4. The molecule has 0 aliphatic rings. The number of carbonyl (C=O) groups is 1. The van der Waals surface area contributed by atoms with E-state index < -0.39 is 0 Å². The van der Waals surface area contributed by atoms with Crippen LogP contribution in [0.5, 0.6) is 23.0 Å². The van der Waals surface area contributed by atoms with Crippen molar-refractivity contribution in [2.45, 2.75) is 13.5 Å². The van der Waals surface area contributed by atoms with E-state index in [9.17, 15) is 4.79 Å². The Morgan fingerprint density at radius 3 is 2.35 bits per heavy atom. The van der Waals surface area contributed by atoms with Gasteiger partial charge in [0.05, 0.1) is 33.0 Å². The van der Waals surface area contributed by atoms with Crippen molar-refractivity contribution in [1.82, 2.24) is 5.32 Å². The van der Waals surface area contributed by atoms with Crippen molar-refractivity contribution in [3.8, 4) is 23.0 Å². The minimum atomic E-state index is -0.277. The Balaban J connectivity index is 2.12. The zero-order valence-electron chi connectivity index (χ0n) is 15.2. The molecule has 0 saturated carbocycles. The van der Waals surface area contributed by atoms with Gasteiger partial charge < -0.3 is 24.3 Å². The van der Waals surface area contributed by atoms with Crippen molar-refractivity contribution in [2.24, 2.45) is 0 Å². The van der Waals surface area contributed by atoms with Gasteiger partial charge >= 0.3 is 0 Å². The van der Waals surface area contributed by atoms with Crippen LogP contribution >= 0.6 is 11.6 Å². The third-order valence-electron chi connectivity index (χ3n) is 3.68. The molecule has 1 N–H and O–H groups in total. The number of rotatable bonds is 8. The number of carbonyl (C=O) groups excluding carboxylic acids is 1. The lowest BCUT2D eigenvalue weighted by Gasteiger charge is -2.13. The highest BCUT2D eigenvalue weighted by molar-refractivity contribution is 6.32. The number of nitrogens with one attached hydrogen (secondary N) is 1. The molecule has 26 heavy (non-hydrogen) atoms. The van der Waals surface area contributed by atoms with Crippen LogP contribution in [0.15, 0.2) is 30.3 Å². The zero-order valence-corrected chi connectivity index (χ0v) is 16.0. The van der Waals surface area contributed by atoms with Gasteiger partial charge in [-0.25, -0.2) is 0 Å². The van der Waals surface area contributed by atoms with E-state index in [-0.39, 0.29) is 5.91 Å². The minimum Gasteiger partial charge on any atom is -0.493 e. The lowest BCUT2D eigenvalue weighted by molar-refractivity contribution is 0.0950. The van der Waals surface area contributed by atoms with Crippen LogP contribution in [0.4, 0.5) is 0 Å². The summed E-state index contributed by atoms with van der Waals surface area (Å²) >= 11 is 6.15. The van der Waals surface area contributed by atoms with Crippen molar-refractivity contribution in [2.75, 3.05) is 27.9 Å². The molecular weight excluding hydrogens is 358 g/mol. The quantitative estimate of drug-likeness (QED) is 0.757. The summed E-state index contributed by atoms with van der Waals surface area (Å²) in [6.45, 7) is 2.78. The molecule has 0 fully saturated rings. The number of hydrogen-bond acceptors (Lipinski definition) is 5. The molecule has 0 aliphatic heterocycles. The van der Waals surface area contributed by atoms with E-state index in [1.807, 2.05) is 25.1 Å². The second kappa shape index (κ2) is 9.20. The van der Waals surface area contributed by atoms with E-state index in [1.54, 1.807) is 13.2 Å². The molecule has 2 aromatic carbocycles. The summed E-state index contributed by atoms with van der Waals surface area (Å²) in [5, 5.41) is 3.15. The lowest BCUT2D eigenvalue weighted by atomic mass is 10.1. The first-order chi connectivity index (χ1) is 12.5. The first kappa shape index (κ1) is 19.7. The van der Waals surface area contributed by atoms with Crippen LogP contribution in [0.25, 0.3) is 0 Å². The fourth-order valence-electron chi connectivity index (χ4n) is 2.43. The van der Waals surface area contributed by atoms with Crippen molar-refractivity contribution >= 4 is 17.5 Å². The number of benzene rings is 2. The smallest absolute Gasteiger partial charge is 0.251 e. The molecule has 6 nitrogen and oxygen atoms in total. The van der Waals surface area contributed by atoms with Gasteiger partial charge in [0.2, 0.25) is 0 Å². The van der Waals surface area contributed by atoms with Crippen molar-refractivity contribution in [3.63, 3.8) is 0 Å². The second-order valence-electron chi connectivity index (χ2n) is 5.29. The molecule has 2 rings (SSSR count). The van der Waals surface area contributed by atoms with Gasteiger partial charge in [0.15, 0.2) is 23.0 Å². The maximum atomic E-state index is 12.4. The molecule has 0 heterocycles. The Hall–Kier alpha value is -2.60. The third-order valence-corrected chi connectivity index (χ3v) is 3.96. The summed E-state index contributed by atoms with van der Waals surface area (Å²) in [5.74, 6) is 1.79. The fourth-order valence-corrected chi connectivity index (χ4v) is 2.72. The van der Waals surface area contributed by atoms with E-state index >= 15 is 0 Å². The highest BCUT2D eigenvalue weighted by Crippen LogP contribution is 2.36. The molecule has 2 aromatic rings. The van der Waals surface area contributed by atoms with E-state index in [1.165, 1.54) is 20.3 Å². The first-order valence-electron chi connectivity index (χ1n) is 8.03. The largest absolute Gasteiger partial charge is 0.493 e. The van der Waals surface area contributed by atoms with E-state index in [0.29, 0.717) is 46.7 Å². The van der Waals surface area contributed by atoms with Crippen LogP contribution < -0.4 is 24.3 Å². The highest BCUT2D eigenvalue weighted by Gasteiger charge is 2.15. The maximum Gasteiger partial charge on any atom is 0.251 e. The SMILES string of the molecule is CCOc1ccc(CNC(=O)c2cc(Cl)c(OC)c(OC)c2)cc1OC. The average molecular weight is 380 g/mol. The molecule has 0 saturated heterocycles. The molecular formula is C19H22ClNO5. The van der Waals surface area contributed by atoms with Gasteiger partial charge in [-0.05, 0) is 36.8 Å². The third kappa shape index (κ3) is 4.52. The van der Waals surface area contributed by atoms with Crippen LogP contribution in [0.2, 0.25) is 5.02 Å². The Labute approximate surface area is 158 Å². The molecule has 140 valence electrons. The Bertz CT molecular complexity index is 779. The van der Waals surface area contributed by atoms with Crippen LogP contribution in [0, 0.1) is 0 Å². The van der Waals surface area contributed by atoms with Crippen LogP contribution in [0.3, 0.4) is 0 Å². The summed E-state index contributed by atoms with van der Waals surface area (Å²) in [4.78, 5) is 12.4. The van der Waals surface area contributed by atoms with Gasteiger partial charge in [-0.3, -0.25) is 4.79 Å². The fraction of sp³-hybridized carbons (Fsp3) is 0.316. The highest BCUT2D eigenvalue weighted by atomic mass is 35.5. The number of amides is 1. The Morgan fingerprint density at radius 2 is 1.73 bits per heavy atom. The summed E-state index contributed by atoms with van der Waals surface area (Å²) in [6.07, 6.45) is 0. The van der Waals surface area contributed by atoms with E-state index in [0.717, 1.165) is 5.56 Å². The zero-order chi connectivity index (χ0) is 19.1. The number of halogens is 1. The summed E-state index contributed by atoms with van der Waals surface area (Å²) < 4.78 is 21.2. The molecule has 0 aromatic heterocycles. The monoisotopic (exact) mass is 379 g/mol. The lowest BCUT2D eigenvalue weighted by Crippen LogP contribution is -2.23. The average Bonchev–Trinajstić information content (AvgIpc) is 2.66. The van der Waals surface area contributed by atoms with Gasteiger partial charge in [0.1, 0.15) is 0 Å². The Morgan fingerprint density at radius 1 is 1.00 bits per heavy atom. The summed E-state index contributed by atoms with van der Waals surface area (Å²) in [5.41, 5.74) is 1.26. The van der Waals surface area contributed by atoms with Gasteiger partial charge in [0.25, 0.3) is 5.91 Å². The number of methoxy groups -OCH3 is 3. The molecule has 0 bridgehead atoms. The molecule has 0 radical (unpaired) electrons. The minimum absolute atomic E-state index is 0.277. The van der Waals surface area contributed by atoms with Gasteiger partial charge in [-0.2, -0.15) is 0 Å². The normalized spacial score (nSPS) is 10.2. The van der Waals surface area contributed by atoms with Gasteiger partial charge in [-0.15, -0.1) is 0 Å². The van der Waals surface area contributed by atoms with Crippen molar-refractivity contribution < 1.29 is 23.7 Å². The molecule has 0 spiro atoms. The van der Waals surface area contributed by atoms with Gasteiger partial charge in [-0.1, -0.05) is 17.7 Å². The Kier molecular flexibility index (Phi) is 6.97. The first-order valence-corrected chi connectivity index (χ1v) is 8.41. The summed E-state index contributed by atoms with van der Waals surface area (Å²) in [6, 6.07) is 8.63. The topological polar surface area (TPSA) is 66.0 Å².